The first-order valence-electron chi connectivity index (χ1n) is 18.1. The number of halogens is 1. The van der Waals surface area contributed by atoms with Crippen molar-refractivity contribution < 1.29 is 14.3 Å². The lowest BCUT2D eigenvalue weighted by Crippen LogP contribution is -2.53. The molecule has 4 heterocycles. The molecule has 3 aromatic carbocycles. The molecule has 3 fully saturated rings. The number of methoxy groups -OCH3 is 1. The number of anilines is 6. The van der Waals surface area contributed by atoms with Gasteiger partial charge in [0.2, 0.25) is 17.8 Å². The van der Waals surface area contributed by atoms with Crippen LogP contribution in [0.5, 0.6) is 5.75 Å². The zero-order valence-corrected chi connectivity index (χ0v) is 30.2. The van der Waals surface area contributed by atoms with Gasteiger partial charge in [0.1, 0.15) is 10.8 Å². The Morgan fingerprint density at radius 2 is 1.69 bits per heavy atom. The first-order chi connectivity index (χ1) is 25.3. The van der Waals surface area contributed by atoms with Crippen LogP contribution in [-0.4, -0.2) is 90.5 Å². The molecule has 0 radical (unpaired) electrons. The van der Waals surface area contributed by atoms with Crippen molar-refractivity contribution in [2.75, 3.05) is 74.2 Å². The van der Waals surface area contributed by atoms with Crippen LogP contribution < -0.4 is 31.3 Å². The van der Waals surface area contributed by atoms with Gasteiger partial charge >= 0.3 is 0 Å². The lowest BCUT2D eigenvalue weighted by molar-refractivity contribution is -0.134. The van der Waals surface area contributed by atoms with Crippen molar-refractivity contribution in [3.8, 4) is 5.75 Å². The largest absolute Gasteiger partial charge is 0.494 e. The first-order valence-corrected chi connectivity index (χ1v) is 18.4. The number of nitrogens with one attached hydrogen (secondary N) is 3. The zero-order valence-electron chi connectivity index (χ0n) is 29.5. The van der Waals surface area contributed by atoms with Crippen LogP contribution in [0.15, 0.2) is 72.9 Å². The van der Waals surface area contributed by atoms with Crippen molar-refractivity contribution in [3.63, 3.8) is 0 Å². The number of nitrogen functional groups attached to an aromatic ring is 1. The third-order valence-electron chi connectivity index (χ3n) is 10.5. The summed E-state index contributed by atoms with van der Waals surface area (Å²) in [6, 6.07) is 22.6. The molecule has 1 aromatic heterocycles. The van der Waals surface area contributed by atoms with E-state index in [1.807, 2.05) is 30.3 Å². The molecule has 0 saturated carbocycles. The number of hydrogen-bond donors (Lipinski definition) is 4. The SMILES string of the molecule is COc1cc(N2CCC(N3CCN(CCc4ccc(C5CCC(=O)NC5=O)cc4)CC3)CC2)ccc1Nc1ncc(Cl)c(Nc2ccccc2N)n1. The fraction of sp³-hybridized carbons (Fsp3) is 0.385. The number of nitrogens with zero attached hydrogens (tertiary/aromatic N) is 5. The van der Waals surface area contributed by atoms with E-state index < -0.39 is 0 Å². The summed E-state index contributed by atoms with van der Waals surface area (Å²) in [6.45, 7) is 7.36. The summed E-state index contributed by atoms with van der Waals surface area (Å²) >= 11 is 6.39. The second-order valence-corrected chi connectivity index (χ2v) is 14.1. The Morgan fingerprint density at radius 3 is 2.42 bits per heavy atom. The van der Waals surface area contributed by atoms with Gasteiger partial charge in [-0.25, -0.2) is 4.98 Å². The van der Waals surface area contributed by atoms with Gasteiger partial charge in [-0.1, -0.05) is 48.0 Å². The van der Waals surface area contributed by atoms with Crippen LogP contribution in [0.25, 0.3) is 0 Å². The van der Waals surface area contributed by atoms with Crippen molar-refractivity contribution in [1.29, 1.82) is 0 Å². The number of hydrogen-bond acceptors (Lipinski definition) is 11. The Bertz CT molecular complexity index is 1880. The number of carbonyl (C=O) groups is 2. The molecule has 1 atom stereocenters. The van der Waals surface area contributed by atoms with Crippen LogP contribution in [0.4, 0.5) is 34.5 Å². The van der Waals surface area contributed by atoms with E-state index in [9.17, 15) is 9.59 Å². The van der Waals surface area contributed by atoms with Crippen LogP contribution >= 0.6 is 11.6 Å². The van der Waals surface area contributed by atoms with Crippen molar-refractivity contribution in [2.45, 2.75) is 44.1 Å². The minimum absolute atomic E-state index is 0.174. The summed E-state index contributed by atoms with van der Waals surface area (Å²) in [5.41, 5.74) is 11.6. The van der Waals surface area contributed by atoms with Gasteiger partial charge in [-0.05, 0) is 61.1 Å². The van der Waals surface area contributed by atoms with E-state index in [0.29, 0.717) is 52.8 Å². The summed E-state index contributed by atoms with van der Waals surface area (Å²) in [7, 11) is 1.67. The molecular weight excluding hydrogens is 678 g/mol. The number of imide groups is 1. The normalized spacial score (nSPS) is 19.0. The molecule has 12 nitrogen and oxygen atoms in total. The number of benzene rings is 3. The fourth-order valence-electron chi connectivity index (χ4n) is 7.41. The smallest absolute Gasteiger partial charge is 0.234 e. The lowest BCUT2D eigenvalue weighted by Gasteiger charge is -2.43. The summed E-state index contributed by atoms with van der Waals surface area (Å²) in [5.74, 6) is 0.961. The number of para-hydroxylation sites is 2. The van der Waals surface area contributed by atoms with Crippen LogP contribution in [0.2, 0.25) is 5.02 Å². The number of nitrogens with two attached hydrogens (primary N) is 1. The zero-order chi connectivity index (χ0) is 36.0. The predicted molar refractivity (Wildman–Crippen MR) is 206 cm³/mol. The van der Waals surface area contributed by atoms with Crippen molar-refractivity contribution in [3.05, 3.63) is 89.1 Å². The van der Waals surface area contributed by atoms with E-state index in [0.717, 1.165) is 82.0 Å². The highest BCUT2D eigenvalue weighted by molar-refractivity contribution is 6.33. The molecule has 4 aromatic rings. The van der Waals surface area contributed by atoms with E-state index in [2.05, 4.69) is 77.0 Å². The van der Waals surface area contributed by atoms with E-state index in [4.69, 9.17) is 22.1 Å². The Kier molecular flexibility index (Phi) is 11.0. The average molecular weight is 724 g/mol. The molecule has 5 N–H and O–H groups in total. The second-order valence-electron chi connectivity index (χ2n) is 13.7. The van der Waals surface area contributed by atoms with Crippen LogP contribution in [0.3, 0.4) is 0 Å². The lowest BCUT2D eigenvalue weighted by atomic mass is 9.90. The topological polar surface area (TPSA) is 141 Å². The average Bonchev–Trinajstić information content (AvgIpc) is 3.17. The van der Waals surface area contributed by atoms with Crippen LogP contribution in [-0.2, 0) is 16.0 Å². The summed E-state index contributed by atoms with van der Waals surface area (Å²) in [6.07, 6.45) is 5.78. The number of ether oxygens (including phenoxy) is 1. The van der Waals surface area contributed by atoms with Gasteiger partial charge in [0.05, 0.1) is 36.3 Å². The highest BCUT2D eigenvalue weighted by Crippen LogP contribution is 2.34. The van der Waals surface area contributed by atoms with Crippen LogP contribution in [0, 0.1) is 0 Å². The number of rotatable bonds is 11. The molecule has 0 aliphatic carbocycles. The molecule has 0 spiro atoms. The predicted octanol–water partition coefficient (Wildman–Crippen LogP) is 5.56. The van der Waals surface area contributed by atoms with Crippen LogP contribution in [0.1, 0.15) is 42.7 Å². The molecule has 1 unspecified atom stereocenters. The van der Waals surface area contributed by atoms with Crippen molar-refractivity contribution in [1.82, 2.24) is 25.1 Å². The summed E-state index contributed by atoms with van der Waals surface area (Å²) < 4.78 is 5.79. The number of aromatic nitrogens is 2. The molecule has 3 aliphatic heterocycles. The van der Waals surface area contributed by atoms with Gasteiger partial charge in [-0.3, -0.25) is 19.8 Å². The molecule has 7 rings (SSSR count). The Labute approximate surface area is 309 Å². The van der Waals surface area contributed by atoms with E-state index in [1.54, 1.807) is 13.3 Å². The highest BCUT2D eigenvalue weighted by Gasteiger charge is 2.29. The molecule has 52 heavy (non-hydrogen) atoms. The van der Waals surface area contributed by atoms with Crippen molar-refractivity contribution >= 4 is 57.9 Å². The standard InChI is InChI=1S/C39H46ClN9O3/c1-52-35-24-29(10-12-34(35)44-39-42-25-31(40)37(46-39)43-33-5-3-2-4-32(33)41)48-18-15-28(16-19-48)49-22-20-47(21-23-49)17-14-26-6-8-27(9-7-26)30-11-13-36(50)45-38(30)51/h2-10,12,24-25,28,30H,11,13-23,41H2,1H3,(H,45,50,51)(H2,42,43,44,46). The van der Waals surface area contributed by atoms with Gasteiger partial charge in [-0.2, -0.15) is 4.98 Å². The molecule has 272 valence electrons. The maximum atomic E-state index is 12.2. The Morgan fingerprint density at radius 1 is 0.923 bits per heavy atom. The quantitative estimate of drug-likeness (QED) is 0.114. The van der Waals surface area contributed by atoms with E-state index in [1.165, 1.54) is 5.56 Å². The van der Waals surface area contributed by atoms with Gasteiger partial charge in [0.25, 0.3) is 0 Å². The Balaban J connectivity index is 0.868. The minimum Gasteiger partial charge on any atom is -0.494 e. The molecular formula is C39H46ClN9O3. The number of piperazine rings is 1. The molecule has 3 saturated heterocycles. The van der Waals surface area contributed by atoms with E-state index in [-0.39, 0.29) is 17.7 Å². The molecule has 2 amide bonds. The van der Waals surface area contributed by atoms with Gasteiger partial charge in [0.15, 0.2) is 5.82 Å². The van der Waals surface area contributed by atoms with Gasteiger partial charge in [0, 0.05) is 70.0 Å². The maximum Gasteiger partial charge on any atom is 0.234 e. The maximum absolute atomic E-state index is 12.2. The number of carbonyl (C=O) groups excluding carboxylic acids is 2. The fourth-order valence-corrected chi connectivity index (χ4v) is 7.55. The molecule has 13 heteroatoms. The van der Waals surface area contributed by atoms with Crippen molar-refractivity contribution in [2.24, 2.45) is 0 Å². The number of amides is 2. The molecule has 3 aliphatic rings. The van der Waals surface area contributed by atoms with Gasteiger partial charge in [-0.15, -0.1) is 0 Å². The first kappa shape index (κ1) is 35.5. The van der Waals surface area contributed by atoms with Gasteiger partial charge < -0.3 is 30.9 Å². The Hall–Kier alpha value is -4.91. The van der Waals surface area contributed by atoms with E-state index >= 15 is 0 Å². The summed E-state index contributed by atoms with van der Waals surface area (Å²) in [5, 5.41) is 9.32. The number of piperidine rings is 2. The molecule has 0 bridgehead atoms. The second kappa shape index (κ2) is 16.2. The summed E-state index contributed by atoms with van der Waals surface area (Å²) in [4.78, 5) is 40.3. The minimum atomic E-state index is -0.229. The third kappa shape index (κ3) is 8.41. The highest BCUT2D eigenvalue weighted by atomic mass is 35.5. The third-order valence-corrected chi connectivity index (χ3v) is 10.8. The monoisotopic (exact) mass is 723 g/mol.